The lowest BCUT2D eigenvalue weighted by molar-refractivity contribution is 0.175. The van der Waals surface area contributed by atoms with E-state index in [1.165, 1.54) is 0 Å². The fourth-order valence-corrected chi connectivity index (χ4v) is 5.08. The van der Waals surface area contributed by atoms with E-state index in [0.29, 0.717) is 6.42 Å². The van der Waals surface area contributed by atoms with E-state index in [4.69, 9.17) is 4.43 Å². The fraction of sp³-hybridized carbons (Fsp3) is 0.750. The molecule has 0 aliphatic carbocycles. The van der Waals surface area contributed by atoms with Crippen molar-refractivity contribution < 1.29 is 9.53 Å². The van der Waals surface area contributed by atoms with Crippen LogP contribution in [0.3, 0.4) is 0 Å². The molecule has 0 fully saturated rings. The van der Waals surface area contributed by atoms with Gasteiger partial charge in [-0.3, -0.25) is 0 Å². The van der Waals surface area contributed by atoms with E-state index in [9.17, 15) is 5.11 Å². The average molecular weight is 349 g/mol. The molecule has 0 saturated heterocycles. The van der Waals surface area contributed by atoms with Crippen molar-refractivity contribution in [2.45, 2.75) is 62.6 Å². The highest BCUT2D eigenvalue weighted by atomic mass is 32.2. The number of thioether (sulfide) groups is 2. The second-order valence-corrected chi connectivity index (χ2v) is 13.8. The van der Waals surface area contributed by atoms with Gasteiger partial charge in [0.1, 0.15) is 0 Å². The van der Waals surface area contributed by atoms with Gasteiger partial charge in [0, 0.05) is 12.8 Å². The minimum atomic E-state index is -1.63. The van der Waals surface area contributed by atoms with Crippen molar-refractivity contribution in [1.29, 1.82) is 0 Å². The smallest absolute Gasteiger partial charge is 0.184 e. The largest absolute Gasteiger partial charge is 0.411 e. The molecule has 1 N–H and O–H groups in total. The Kier molecular flexibility index (Phi) is 8.95. The Morgan fingerprint density at radius 1 is 1.10 bits per heavy atom. The molecule has 2 nitrogen and oxygen atoms in total. The Morgan fingerprint density at radius 3 is 1.86 bits per heavy atom. The third-order valence-electron chi connectivity index (χ3n) is 3.36. The van der Waals surface area contributed by atoms with Crippen LogP contribution in [0.5, 0.6) is 0 Å². The maximum atomic E-state index is 10.2. The van der Waals surface area contributed by atoms with Crippen LogP contribution in [0.2, 0.25) is 19.6 Å². The maximum Gasteiger partial charge on any atom is 0.184 e. The Bertz CT molecular complexity index is 360. The molecular weight excluding hydrogens is 316 g/mol. The monoisotopic (exact) mass is 348 g/mol. The summed E-state index contributed by atoms with van der Waals surface area (Å²) in [7, 11) is -1.63. The van der Waals surface area contributed by atoms with Crippen LogP contribution in [-0.4, -0.2) is 42.2 Å². The predicted octanol–water partition coefficient (Wildman–Crippen LogP) is 4.92. The molecule has 0 amide bonds. The summed E-state index contributed by atoms with van der Waals surface area (Å²) >= 11 is 3.58. The van der Waals surface area contributed by atoms with Crippen molar-refractivity contribution in [2.24, 2.45) is 0 Å². The van der Waals surface area contributed by atoms with Gasteiger partial charge in [0.2, 0.25) is 0 Å². The van der Waals surface area contributed by atoms with Crippen LogP contribution >= 0.6 is 23.5 Å². The van der Waals surface area contributed by atoms with Crippen LogP contribution in [0.15, 0.2) is 24.3 Å². The zero-order valence-electron chi connectivity index (χ0n) is 14.7. The van der Waals surface area contributed by atoms with Crippen molar-refractivity contribution in [1.82, 2.24) is 0 Å². The molecule has 0 bridgehead atoms. The molecule has 0 heterocycles. The predicted molar refractivity (Wildman–Crippen MR) is 103 cm³/mol. The summed E-state index contributed by atoms with van der Waals surface area (Å²) in [5.74, 6) is 0. The standard InChI is InChI=1S/C16H32O2S2Si/c1-12(2)14(17)10-16(19-5,20-6)11-15(13(3)4)18-21(7,8)9/h14-15,17H,1,3,10-11H2,2,4-9H3. The van der Waals surface area contributed by atoms with Crippen molar-refractivity contribution in [3.05, 3.63) is 24.3 Å². The molecule has 2 unspecified atom stereocenters. The Hall–Kier alpha value is 0.317. The minimum absolute atomic E-state index is 0.0499. The molecule has 0 aromatic heterocycles. The zero-order chi connectivity index (χ0) is 16.8. The summed E-state index contributed by atoms with van der Waals surface area (Å²) in [6, 6.07) is 0. The highest BCUT2D eigenvalue weighted by Crippen LogP contribution is 2.44. The third kappa shape index (κ3) is 7.93. The first kappa shape index (κ1) is 21.3. The van der Waals surface area contributed by atoms with Crippen LogP contribution in [0.4, 0.5) is 0 Å². The molecule has 0 radical (unpaired) electrons. The highest BCUT2D eigenvalue weighted by molar-refractivity contribution is 8.17. The SMILES string of the molecule is C=C(C)C(O)CC(CC(O[Si](C)(C)C)C(=C)C)(SC)SC. The van der Waals surface area contributed by atoms with Crippen molar-refractivity contribution in [3.8, 4) is 0 Å². The van der Waals surface area contributed by atoms with Gasteiger partial charge in [-0.05, 0) is 46.0 Å². The van der Waals surface area contributed by atoms with E-state index < -0.39 is 14.4 Å². The van der Waals surface area contributed by atoms with Gasteiger partial charge < -0.3 is 9.53 Å². The first-order chi connectivity index (χ1) is 9.46. The number of hydrogen-bond acceptors (Lipinski definition) is 4. The molecule has 2 atom stereocenters. The summed E-state index contributed by atoms with van der Waals surface area (Å²) in [6.07, 6.45) is 5.33. The van der Waals surface area contributed by atoms with E-state index in [1.807, 2.05) is 13.8 Å². The van der Waals surface area contributed by atoms with E-state index in [-0.39, 0.29) is 10.2 Å². The first-order valence-electron chi connectivity index (χ1n) is 7.23. The van der Waals surface area contributed by atoms with Gasteiger partial charge in [-0.15, -0.1) is 23.5 Å². The van der Waals surface area contributed by atoms with Gasteiger partial charge in [0.25, 0.3) is 0 Å². The molecular formula is C16H32O2S2Si. The van der Waals surface area contributed by atoms with Crippen LogP contribution in [0.25, 0.3) is 0 Å². The van der Waals surface area contributed by atoms with Gasteiger partial charge in [-0.1, -0.05) is 24.3 Å². The van der Waals surface area contributed by atoms with Crippen LogP contribution in [0.1, 0.15) is 26.7 Å². The van der Waals surface area contributed by atoms with Crippen LogP contribution in [-0.2, 0) is 4.43 Å². The second-order valence-electron chi connectivity index (χ2n) is 6.65. The van der Waals surface area contributed by atoms with E-state index >= 15 is 0 Å². The highest BCUT2D eigenvalue weighted by Gasteiger charge is 2.36. The molecule has 21 heavy (non-hydrogen) atoms. The quantitative estimate of drug-likeness (QED) is 0.345. The number of aliphatic hydroxyl groups is 1. The zero-order valence-corrected chi connectivity index (χ0v) is 17.3. The molecule has 5 heteroatoms. The normalized spacial score (nSPS) is 15.6. The number of rotatable bonds is 10. The summed E-state index contributed by atoms with van der Waals surface area (Å²) in [6.45, 7) is 18.5. The molecule has 0 aliphatic rings. The van der Waals surface area contributed by atoms with E-state index in [0.717, 1.165) is 17.6 Å². The third-order valence-corrected chi connectivity index (χ3v) is 7.51. The topological polar surface area (TPSA) is 29.5 Å². The van der Waals surface area contributed by atoms with Crippen molar-refractivity contribution in [2.75, 3.05) is 12.5 Å². The molecule has 0 rings (SSSR count). The lowest BCUT2D eigenvalue weighted by Gasteiger charge is -2.38. The lowest BCUT2D eigenvalue weighted by Crippen LogP contribution is -2.38. The average Bonchev–Trinajstić information content (AvgIpc) is 2.34. The summed E-state index contributed by atoms with van der Waals surface area (Å²) in [5, 5.41) is 10.2. The first-order valence-corrected chi connectivity index (χ1v) is 13.1. The summed E-state index contributed by atoms with van der Waals surface area (Å²) in [5.41, 5.74) is 1.88. The molecule has 124 valence electrons. The second kappa shape index (κ2) is 8.82. The summed E-state index contributed by atoms with van der Waals surface area (Å²) < 4.78 is 6.23. The lowest BCUT2D eigenvalue weighted by atomic mass is 10.0. The van der Waals surface area contributed by atoms with Crippen molar-refractivity contribution >= 4 is 31.8 Å². The van der Waals surface area contributed by atoms with Gasteiger partial charge in [0.05, 0.1) is 16.3 Å². The van der Waals surface area contributed by atoms with Gasteiger partial charge in [-0.2, -0.15) is 0 Å². The van der Waals surface area contributed by atoms with Crippen LogP contribution in [0, 0.1) is 0 Å². The Labute approximate surface area is 140 Å². The van der Waals surface area contributed by atoms with Gasteiger partial charge in [-0.25, -0.2) is 0 Å². The fourth-order valence-electron chi connectivity index (χ4n) is 1.99. The Balaban J connectivity index is 5.17. The molecule has 0 aliphatic heterocycles. The van der Waals surface area contributed by atoms with Crippen molar-refractivity contribution in [3.63, 3.8) is 0 Å². The number of aliphatic hydroxyl groups excluding tert-OH is 1. The maximum absolute atomic E-state index is 10.2. The number of hydrogen-bond donors (Lipinski definition) is 1. The molecule has 0 aromatic rings. The van der Waals surface area contributed by atoms with E-state index in [2.05, 4.69) is 45.3 Å². The molecule has 0 spiro atoms. The van der Waals surface area contributed by atoms with E-state index in [1.54, 1.807) is 23.5 Å². The van der Waals surface area contributed by atoms with Crippen LogP contribution < -0.4 is 0 Å². The summed E-state index contributed by atoms with van der Waals surface area (Å²) in [4.78, 5) is 0. The van der Waals surface area contributed by atoms with Gasteiger partial charge in [0.15, 0.2) is 8.32 Å². The molecule has 0 aromatic carbocycles. The molecule has 0 saturated carbocycles. The minimum Gasteiger partial charge on any atom is -0.411 e. The Morgan fingerprint density at radius 2 is 1.57 bits per heavy atom. The van der Waals surface area contributed by atoms with Gasteiger partial charge >= 0.3 is 0 Å².